The second-order valence-electron chi connectivity index (χ2n) is 7.43. The van der Waals surface area contributed by atoms with Crippen LogP contribution in [0.1, 0.15) is 25.1 Å². The second kappa shape index (κ2) is 5.29. The highest BCUT2D eigenvalue weighted by molar-refractivity contribution is 5.70. The van der Waals surface area contributed by atoms with E-state index in [9.17, 15) is 0 Å². The molecule has 5 heterocycles. The van der Waals surface area contributed by atoms with Crippen LogP contribution in [0.15, 0.2) is 24.7 Å². The molecule has 25 heavy (non-hydrogen) atoms. The van der Waals surface area contributed by atoms with Crippen molar-refractivity contribution >= 4 is 11.5 Å². The standard InChI is InChI=1S/C18H23N7/c1-12-4-6-23(12)18-17-19-8-13(2)24(17)11-16(20-18)15-5-7-25(21-15)14-9-22(3)10-14/h5,7-8,11-12,14H,4,6,9-10H2,1-3H3/t12-/m0/s1. The van der Waals surface area contributed by atoms with Crippen LogP contribution in [0.2, 0.25) is 0 Å². The topological polar surface area (TPSA) is 54.5 Å². The molecule has 7 nitrogen and oxygen atoms in total. The Hall–Kier alpha value is -2.41. The van der Waals surface area contributed by atoms with Crippen molar-refractivity contribution in [3.05, 3.63) is 30.4 Å². The number of likely N-dealkylation sites (tertiary alicyclic amines) is 1. The zero-order valence-corrected chi connectivity index (χ0v) is 14.9. The van der Waals surface area contributed by atoms with Gasteiger partial charge in [-0.05, 0) is 33.4 Å². The van der Waals surface area contributed by atoms with Crippen molar-refractivity contribution < 1.29 is 0 Å². The average molecular weight is 337 g/mol. The van der Waals surface area contributed by atoms with Crippen molar-refractivity contribution in [1.82, 2.24) is 29.0 Å². The summed E-state index contributed by atoms with van der Waals surface area (Å²) >= 11 is 0. The molecule has 0 unspecified atom stereocenters. The lowest BCUT2D eigenvalue weighted by Gasteiger charge is -2.39. The first-order valence-corrected chi connectivity index (χ1v) is 8.95. The van der Waals surface area contributed by atoms with E-state index in [1.165, 1.54) is 6.42 Å². The largest absolute Gasteiger partial charge is 0.351 e. The summed E-state index contributed by atoms with van der Waals surface area (Å²) in [6, 6.07) is 3.07. The molecule has 0 bridgehead atoms. The molecule has 0 saturated carbocycles. The highest BCUT2D eigenvalue weighted by Gasteiger charge is 2.29. The predicted octanol–water partition coefficient (Wildman–Crippen LogP) is 1.99. The molecule has 7 heteroatoms. The monoisotopic (exact) mass is 337 g/mol. The van der Waals surface area contributed by atoms with Gasteiger partial charge in [0.1, 0.15) is 11.4 Å². The molecule has 3 aromatic rings. The Morgan fingerprint density at radius 2 is 2.04 bits per heavy atom. The van der Waals surface area contributed by atoms with Crippen molar-refractivity contribution in [2.75, 3.05) is 31.6 Å². The number of nitrogens with zero attached hydrogens (tertiary/aromatic N) is 7. The van der Waals surface area contributed by atoms with Gasteiger partial charge in [0.15, 0.2) is 11.5 Å². The van der Waals surface area contributed by atoms with Crippen LogP contribution in [0.3, 0.4) is 0 Å². The van der Waals surface area contributed by atoms with Crippen LogP contribution in [0.4, 0.5) is 5.82 Å². The van der Waals surface area contributed by atoms with E-state index in [0.29, 0.717) is 12.1 Å². The number of aromatic nitrogens is 5. The van der Waals surface area contributed by atoms with Crippen molar-refractivity contribution in [2.24, 2.45) is 0 Å². The summed E-state index contributed by atoms with van der Waals surface area (Å²) in [6.07, 6.45) is 7.26. The summed E-state index contributed by atoms with van der Waals surface area (Å²) in [7, 11) is 2.14. The Bertz CT molecular complexity index is 934. The molecule has 2 saturated heterocycles. The molecule has 0 aliphatic carbocycles. The third-order valence-corrected chi connectivity index (χ3v) is 5.54. The van der Waals surface area contributed by atoms with E-state index in [1.54, 1.807) is 0 Å². The number of hydrogen-bond donors (Lipinski definition) is 0. The SMILES string of the molecule is Cc1cnc2c(N3CC[C@@H]3C)nc(-c3ccn(C4CN(C)C4)n3)cn12. The summed E-state index contributed by atoms with van der Waals surface area (Å²) in [6.45, 7) is 7.49. The minimum atomic E-state index is 0.479. The molecular formula is C18H23N7. The van der Waals surface area contributed by atoms with Crippen LogP contribution >= 0.6 is 0 Å². The Morgan fingerprint density at radius 1 is 1.20 bits per heavy atom. The molecule has 0 spiro atoms. The lowest BCUT2D eigenvalue weighted by atomic mass is 10.1. The maximum atomic E-state index is 4.94. The van der Waals surface area contributed by atoms with E-state index < -0.39 is 0 Å². The molecule has 2 fully saturated rings. The summed E-state index contributed by atoms with van der Waals surface area (Å²) < 4.78 is 4.22. The van der Waals surface area contributed by atoms with Gasteiger partial charge in [0.2, 0.25) is 0 Å². The van der Waals surface area contributed by atoms with E-state index in [-0.39, 0.29) is 0 Å². The number of likely N-dealkylation sites (N-methyl/N-ethyl adjacent to an activating group) is 1. The zero-order valence-electron chi connectivity index (χ0n) is 14.9. The maximum absolute atomic E-state index is 4.94. The number of imidazole rings is 1. The number of aryl methyl sites for hydroxylation is 1. The van der Waals surface area contributed by atoms with Gasteiger partial charge in [-0.1, -0.05) is 0 Å². The molecule has 0 radical (unpaired) electrons. The van der Waals surface area contributed by atoms with Crippen LogP contribution in [0.5, 0.6) is 0 Å². The molecule has 2 aliphatic heterocycles. The smallest absolute Gasteiger partial charge is 0.180 e. The van der Waals surface area contributed by atoms with E-state index in [1.807, 2.05) is 6.20 Å². The molecular weight excluding hydrogens is 314 g/mol. The quantitative estimate of drug-likeness (QED) is 0.731. The fourth-order valence-corrected chi connectivity index (χ4v) is 3.75. The van der Waals surface area contributed by atoms with Crippen LogP contribution < -0.4 is 4.90 Å². The van der Waals surface area contributed by atoms with Gasteiger partial charge in [-0.3, -0.25) is 9.08 Å². The fourth-order valence-electron chi connectivity index (χ4n) is 3.75. The summed E-state index contributed by atoms with van der Waals surface area (Å²) in [5.41, 5.74) is 3.90. The number of anilines is 1. The minimum Gasteiger partial charge on any atom is -0.351 e. The van der Waals surface area contributed by atoms with Crippen molar-refractivity contribution in [2.45, 2.75) is 32.4 Å². The van der Waals surface area contributed by atoms with Crippen LogP contribution in [0, 0.1) is 6.92 Å². The van der Waals surface area contributed by atoms with E-state index in [4.69, 9.17) is 10.1 Å². The Kier molecular flexibility index (Phi) is 3.15. The van der Waals surface area contributed by atoms with Gasteiger partial charge in [-0.25, -0.2) is 9.97 Å². The normalized spacial score (nSPS) is 21.6. The van der Waals surface area contributed by atoms with E-state index in [0.717, 1.165) is 48.2 Å². The Labute approximate surface area is 146 Å². The zero-order chi connectivity index (χ0) is 17.1. The van der Waals surface area contributed by atoms with Gasteiger partial charge in [0.25, 0.3) is 0 Å². The van der Waals surface area contributed by atoms with E-state index in [2.05, 4.69) is 63.2 Å². The Morgan fingerprint density at radius 3 is 2.72 bits per heavy atom. The fraction of sp³-hybridized carbons (Fsp3) is 0.500. The first-order valence-electron chi connectivity index (χ1n) is 8.95. The highest BCUT2D eigenvalue weighted by atomic mass is 15.4. The third kappa shape index (κ3) is 2.26. The molecule has 0 N–H and O–H groups in total. The highest BCUT2D eigenvalue weighted by Crippen LogP contribution is 2.31. The first kappa shape index (κ1) is 14.9. The molecule has 5 rings (SSSR count). The number of hydrogen-bond acceptors (Lipinski definition) is 5. The summed E-state index contributed by atoms with van der Waals surface area (Å²) in [5, 5.41) is 4.80. The predicted molar refractivity (Wildman–Crippen MR) is 96.9 cm³/mol. The molecule has 0 amide bonds. The van der Waals surface area contributed by atoms with Crippen molar-refractivity contribution in [1.29, 1.82) is 0 Å². The molecule has 1 atom stereocenters. The van der Waals surface area contributed by atoms with Gasteiger partial charge in [0.05, 0.1) is 6.04 Å². The van der Waals surface area contributed by atoms with Gasteiger partial charge in [0, 0.05) is 50.0 Å². The van der Waals surface area contributed by atoms with Gasteiger partial charge >= 0.3 is 0 Å². The van der Waals surface area contributed by atoms with Gasteiger partial charge in [-0.2, -0.15) is 5.10 Å². The van der Waals surface area contributed by atoms with Crippen LogP contribution in [-0.2, 0) is 0 Å². The maximum Gasteiger partial charge on any atom is 0.180 e. The second-order valence-corrected chi connectivity index (χ2v) is 7.43. The summed E-state index contributed by atoms with van der Waals surface area (Å²) in [4.78, 5) is 14.2. The van der Waals surface area contributed by atoms with Crippen LogP contribution in [-0.4, -0.2) is 61.8 Å². The summed E-state index contributed by atoms with van der Waals surface area (Å²) in [5.74, 6) is 0.974. The first-order chi connectivity index (χ1) is 12.1. The van der Waals surface area contributed by atoms with Crippen molar-refractivity contribution in [3.8, 4) is 11.4 Å². The lowest BCUT2D eigenvalue weighted by molar-refractivity contribution is 0.131. The number of rotatable bonds is 3. The Balaban J connectivity index is 1.58. The number of fused-ring (bicyclic) bond motifs is 1. The van der Waals surface area contributed by atoms with Crippen LogP contribution in [0.25, 0.3) is 17.0 Å². The van der Waals surface area contributed by atoms with E-state index >= 15 is 0 Å². The average Bonchev–Trinajstić information content (AvgIpc) is 3.18. The third-order valence-electron chi connectivity index (χ3n) is 5.54. The van der Waals surface area contributed by atoms with Gasteiger partial charge < -0.3 is 9.80 Å². The molecule has 0 aromatic carbocycles. The lowest BCUT2D eigenvalue weighted by Crippen LogP contribution is -2.46. The molecule has 3 aromatic heterocycles. The van der Waals surface area contributed by atoms with Gasteiger partial charge in [-0.15, -0.1) is 0 Å². The van der Waals surface area contributed by atoms with Crippen molar-refractivity contribution in [3.63, 3.8) is 0 Å². The molecule has 130 valence electrons. The molecule has 2 aliphatic rings. The minimum absolute atomic E-state index is 0.479.